The molecule has 18 heavy (non-hydrogen) atoms. The molecule has 2 aromatic rings. The van der Waals surface area contributed by atoms with E-state index in [4.69, 9.17) is 10.5 Å². The number of anilines is 2. The number of hydrogen-bond donors (Lipinski definition) is 2. The molecular formula is C13H16N4O. The van der Waals surface area contributed by atoms with Gasteiger partial charge in [0.25, 0.3) is 0 Å². The van der Waals surface area contributed by atoms with Crippen LogP contribution in [0.3, 0.4) is 0 Å². The van der Waals surface area contributed by atoms with E-state index in [-0.39, 0.29) is 5.54 Å². The normalized spacial score (nSPS) is 23.4. The zero-order valence-electron chi connectivity index (χ0n) is 10.3. The van der Waals surface area contributed by atoms with E-state index in [9.17, 15) is 0 Å². The minimum atomic E-state index is -0.0529. The first-order valence-corrected chi connectivity index (χ1v) is 6.02. The fourth-order valence-corrected chi connectivity index (χ4v) is 2.23. The number of nitrogens with zero attached hydrogens (tertiary/aromatic N) is 2. The van der Waals surface area contributed by atoms with Gasteiger partial charge in [-0.05, 0) is 31.5 Å². The van der Waals surface area contributed by atoms with Crippen molar-refractivity contribution in [1.29, 1.82) is 0 Å². The molecule has 2 heterocycles. The molecule has 1 aliphatic heterocycles. The molecule has 94 valence electrons. The Morgan fingerprint density at radius 3 is 3.06 bits per heavy atom. The van der Waals surface area contributed by atoms with Crippen molar-refractivity contribution in [2.75, 3.05) is 24.3 Å². The summed E-state index contributed by atoms with van der Waals surface area (Å²) in [4.78, 5) is 8.56. The second-order valence-electron chi connectivity index (χ2n) is 4.99. The third-order valence-corrected chi connectivity index (χ3v) is 3.30. The molecule has 1 fully saturated rings. The molecule has 1 aliphatic rings. The van der Waals surface area contributed by atoms with Crippen molar-refractivity contribution in [2.24, 2.45) is 0 Å². The first-order chi connectivity index (χ1) is 8.66. The van der Waals surface area contributed by atoms with Crippen molar-refractivity contribution in [3.05, 3.63) is 24.5 Å². The van der Waals surface area contributed by atoms with Gasteiger partial charge in [0, 0.05) is 17.7 Å². The van der Waals surface area contributed by atoms with Crippen molar-refractivity contribution in [1.82, 2.24) is 9.97 Å². The summed E-state index contributed by atoms with van der Waals surface area (Å²) >= 11 is 0. The number of aromatic nitrogens is 2. The highest BCUT2D eigenvalue weighted by Crippen LogP contribution is 2.27. The zero-order valence-corrected chi connectivity index (χ0v) is 10.3. The zero-order chi connectivity index (χ0) is 12.6. The predicted octanol–water partition coefficient (Wildman–Crippen LogP) is 1.80. The lowest BCUT2D eigenvalue weighted by Crippen LogP contribution is -2.35. The van der Waals surface area contributed by atoms with Crippen molar-refractivity contribution in [2.45, 2.75) is 18.9 Å². The summed E-state index contributed by atoms with van der Waals surface area (Å²) in [7, 11) is 0. The Kier molecular flexibility index (Phi) is 2.56. The van der Waals surface area contributed by atoms with Crippen LogP contribution in [0.15, 0.2) is 24.5 Å². The number of nitrogens with one attached hydrogen (secondary N) is 1. The molecule has 0 saturated carbocycles. The van der Waals surface area contributed by atoms with Gasteiger partial charge in [0.1, 0.15) is 12.1 Å². The van der Waals surface area contributed by atoms with E-state index in [0.29, 0.717) is 12.3 Å². The van der Waals surface area contributed by atoms with Crippen LogP contribution in [0, 0.1) is 0 Å². The van der Waals surface area contributed by atoms with Crippen LogP contribution in [0.1, 0.15) is 13.3 Å². The Morgan fingerprint density at radius 2 is 2.28 bits per heavy atom. The molecule has 0 radical (unpaired) electrons. The van der Waals surface area contributed by atoms with Crippen molar-refractivity contribution in [3.8, 4) is 0 Å². The van der Waals surface area contributed by atoms with Crippen molar-refractivity contribution >= 4 is 22.4 Å². The Bertz CT molecular complexity index is 578. The average Bonchev–Trinajstić information content (AvgIpc) is 2.76. The van der Waals surface area contributed by atoms with Crippen LogP contribution in [-0.2, 0) is 4.74 Å². The van der Waals surface area contributed by atoms with Crippen LogP contribution >= 0.6 is 0 Å². The standard InChI is InChI=1S/C13H16N4O/c1-13(4-5-18-7-13)17-12-10-3-2-9(14)6-11(10)15-8-16-12/h2-3,6,8H,4-5,7,14H2,1H3,(H,15,16,17). The minimum absolute atomic E-state index is 0.0529. The maximum Gasteiger partial charge on any atom is 0.137 e. The number of fused-ring (bicyclic) bond motifs is 1. The van der Waals surface area contributed by atoms with Crippen molar-refractivity contribution < 1.29 is 4.74 Å². The maximum atomic E-state index is 5.76. The lowest BCUT2D eigenvalue weighted by atomic mass is 10.0. The van der Waals surface area contributed by atoms with E-state index in [1.807, 2.05) is 18.2 Å². The summed E-state index contributed by atoms with van der Waals surface area (Å²) in [6.45, 7) is 3.64. The van der Waals surface area contributed by atoms with E-state index in [2.05, 4.69) is 22.2 Å². The number of hydrogen-bond acceptors (Lipinski definition) is 5. The second-order valence-corrected chi connectivity index (χ2v) is 4.99. The van der Waals surface area contributed by atoms with E-state index >= 15 is 0 Å². The second kappa shape index (κ2) is 4.10. The monoisotopic (exact) mass is 244 g/mol. The first kappa shape index (κ1) is 11.2. The molecule has 1 aromatic heterocycles. The summed E-state index contributed by atoms with van der Waals surface area (Å²) in [6, 6.07) is 5.67. The Morgan fingerprint density at radius 1 is 1.39 bits per heavy atom. The smallest absolute Gasteiger partial charge is 0.137 e. The molecular weight excluding hydrogens is 228 g/mol. The maximum absolute atomic E-state index is 5.76. The highest BCUT2D eigenvalue weighted by molar-refractivity contribution is 5.90. The molecule has 3 N–H and O–H groups in total. The lowest BCUT2D eigenvalue weighted by Gasteiger charge is -2.24. The third kappa shape index (κ3) is 1.97. The van der Waals surface area contributed by atoms with Gasteiger partial charge in [0.05, 0.1) is 17.7 Å². The van der Waals surface area contributed by atoms with Crippen LogP contribution in [0.25, 0.3) is 10.9 Å². The van der Waals surface area contributed by atoms with E-state index < -0.39 is 0 Å². The van der Waals surface area contributed by atoms with Gasteiger partial charge in [0.15, 0.2) is 0 Å². The first-order valence-electron chi connectivity index (χ1n) is 6.02. The molecule has 1 saturated heterocycles. The molecule has 1 aromatic carbocycles. The van der Waals surface area contributed by atoms with Gasteiger partial charge < -0.3 is 15.8 Å². The van der Waals surface area contributed by atoms with Crippen LogP contribution in [-0.4, -0.2) is 28.7 Å². The highest BCUT2D eigenvalue weighted by atomic mass is 16.5. The van der Waals surface area contributed by atoms with Crippen LogP contribution in [0.4, 0.5) is 11.5 Å². The van der Waals surface area contributed by atoms with E-state index in [1.165, 1.54) is 0 Å². The molecule has 0 spiro atoms. The molecule has 5 nitrogen and oxygen atoms in total. The number of ether oxygens (including phenoxy) is 1. The number of nitrogens with two attached hydrogens (primary N) is 1. The van der Waals surface area contributed by atoms with Gasteiger partial charge in [-0.2, -0.15) is 0 Å². The summed E-state index contributed by atoms with van der Waals surface area (Å²) in [5.41, 5.74) is 7.28. The fourth-order valence-electron chi connectivity index (χ4n) is 2.23. The largest absolute Gasteiger partial charge is 0.399 e. The minimum Gasteiger partial charge on any atom is -0.399 e. The molecule has 1 unspecified atom stereocenters. The summed E-state index contributed by atoms with van der Waals surface area (Å²) in [6.07, 6.45) is 2.54. The molecule has 0 aliphatic carbocycles. The van der Waals surface area contributed by atoms with Gasteiger partial charge in [-0.1, -0.05) is 0 Å². The van der Waals surface area contributed by atoms with Crippen LogP contribution in [0.5, 0.6) is 0 Å². The number of nitrogen functional groups attached to an aromatic ring is 1. The summed E-state index contributed by atoms with van der Waals surface area (Å²) < 4.78 is 5.44. The van der Waals surface area contributed by atoms with Crippen LogP contribution in [0.2, 0.25) is 0 Å². The average molecular weight is 244 g/mol. The fraction of sp³-hybridized carbons (Fsp3) is 0.385. The lowest BCUT2D eigenvalue weighted by molar-refractivity contribution is 0.185. The molecule has 0 bridgehead atoms. The van der Waals surface area contributed by atoms with Gasteiger partial charge in [-0.25, -0.2) is 9.97 Å². The van der Waals surface area contributed by atoms with E-state index in [1.54, 1.807) is 6.33 Å². The third-order valence-electron chi connectivity index (χ3n) is 3.30. The van der Waals surface area contributed by atoms with Gasteiger partial charge in [-0.15, -0.1) is 0 Å². The molecule has 3 rings (SSSR count). The van der Waals surface area contributed by atoms with Crippen molar-refractivity contribution in [3.63, 3.8) is 0 Å². The summed E-state index contributed by atoms with van der Waals surface area (Å²) in [5.74, 6) is 0.841. The number of benzene rings is 1. The molecule has 0 amide bonds. The topological polar surface area (TPSA) is 73.1 Å². The predicted molar refractivity (Wildman–Crippen MR) is 71.4 cm³/mol. The van der Waals surface area contributed by atoms with E-state index in [0.717, 1.165) is 29.7 Å². The van der Waals surface area contributed by atoms with Crippen LogP contribution < -0.4 is 11.1 Å². The Labute approximate surface area is 105 Å². The highest BCUT2D eigenvalue weighted by Gasteiger charge is 2.30. The van der Waals surface area contributed by atoms with Gasteiger partial charge in [0.2, 0.25) is 0 Å². The quantitative estimate of drug-likeness (QED) is 0.788. The Balaban J connectivity index is 2.01. The molecule has 5 heteroatoms. The van der Waals surface area contributed by atoms with Gasteiger partial charge >= 0.3 is 0 Å². The molecule has 1 atom stereocenters. The van der Waals surface area contributed by atoms with Gasteiger partial charge in [-0.3, -0.25) is 0 Å². The number of rotatable bonds is 2. The Hall–Kier alpha value is -1.88. The SMILES string of the molecule is CC1(Nc2ncnc3cc(N)ccc23)CCOC1. The summed E-state index contributed by atoms with van der Waals surface area (Å²) in [5, 5.41) is 4.45.